The van der Waals surface area contributed by atoms with Crippen molar-refractivity contribution in [2.24, 2.45) is 5.92 Å². The molecule has 37 heavy (non-hydrogen) atoms. The molecule has 1 heterocycles. The molecule has 3 aromatic rings. The fraction of sp³-hybridized carbons (Fsp3) is 0.533. The Balaban J connectivity index is 1.44. The van der Waals surface area contributed by atoms with Gasteiger partial charge in [0.1, 0.15) is 23.8 Å². The summed E-state index contributed by atoms with van der Waals surface area (Å²) in [6, 6.07) is 11.3. The number of carbonyl (C=O) groups is 1. The van der Waals surface area contributed by atoms with Crippen molar-refractivity contribution < 1.29 is 18.7 Å². The third-order valence-corrected chi connectivity index (χ3v) is 7.63. The van der Waals surface area contributed by atoms with E-state index in [0.29, 0.717) is 19.3 Å². The number of hydrogen-bond donors (Lipinski definition) is 1. The van der Waals surface area contributed by atoms with E-state index in [0.717, 1.165) is 53.9 Å². The molecule has 0 spiro atoms. The average Bonchev–Trinajstić information content (AvgIpc) is 3.24. The van der Waals surface area contributed by atoms with E-state index in [4.69, 9.17) is 14.5 Å². The zero-order valence-corrected chi connectivity index (χ0v) is 22.8. The number of nitrogens with zero attached hydrogens (tertiary/aromatic N) is 2. The second-order valence-electron chi connectivity index (χ2n) is 10.9. The van der Waals surface area contributed by atoms with Gasteiger partial charge < -0.3 is 19.4 Å². The van der Waals surface area contributed by atoms with E-state index in [-0.39, 0.29) is 30.2 Å². The lowest BCUT2D eigenvalue weighted by Crippen LogP contribution is -2.49. The number of ether oxygens (including phenoxy) is 2. The van der Waals surface area contributed by atoms with Crippen LogP contribution >= 0.6 is 0 Å². The topological polar surface area (TPSA) is 67.5 Å². The molecule has 0 saturated heterocycles. The van der Waals surface area contributed by atoms with Crippen LogP contribution in [0.2, 0.25) is 0 Å². The molecule has 4 rings (SSSR count). The number of hydrogen-bond acceptors (Lipinski definition) is 5. The smallest absolute Gasteiger partial charge is 0.332 e. The van der Waals surface area contributed by atoms with Gasteiger partial charge in [-0.2, -0.15) is 0 Å². The molecule has 0 fully saturated rings. The van der Waals surface area contributed by atoms with Gasteiger partial charge in [-0.15, -0.1) is 0 Å². The normalized spacial score (nSPS) is 19.5. The predicted octanol–water partition coefficient (Wildman–Crippen LogP) is 5.58. The van der Waals surface area contributed by atoms with Crippen molar-refractivity contribution in [3.8, 4) is 0 Å². The molecule has 2 aromatic carbocycles. The van der Waals surface area contributed by atoms with Crippen molar-refractivity contribution in [3.63, 3.8) is 0 Å². The van der Waals surface area contributed by atoms with Gasteiger partial charge in [0, 0.05) is 32.4 Å². The first-order valence-corrected chi connectivity index (χ1v) is 13.3. The van der Waals surface area contributed by atoms with E-state index in [9.17, 15) is 9.18 Å². The summed E-state index contributed by atoms with van der Waals surface area (Å²) < 4.78 is 25.3. The molecule has 0 aliphatic heterocycles. The van der Waals surface area contributed by atoms with Gasteiger partial charge in [0.15, 0.2) is 0 Å². The van der Waals surface area contributed by atoms with E-state index >= 15 is 0 Å². The number of carbonyl (C=O) groups excluding carboxylic acids is 1. The quantitative estimate of drug-likeness (QED) is 0.342. The maximum Gasteiger partial charge on any atom is 0.332 e. The fourth-order valence-electron chi connectivity index (χ4n) is 5.97. The summed E-state index contributed by atoms with van der Waals surface area (Å²) in [6.45, 7) is 8.02. The molecule has 6 nitrogen and oxygen atoms in total. The Kier molecular flexibility index (Phi) is 8.65. The maximum absolute atomic E-state index is 14.0. The number of methoxy groups -OCH3 is 1. The molecule has 0 radical (unpaired) electrons. The van der Waals surface area contributed by atoms with Crippen LogP contribution in [-0.4, -0.2) is 60.3 Å². The van der Waals surface area contributed by atoms with Crippen LogP contribution in [0, 0.1) is 18.7 Å². The number of fused-ring (bicyclic) bond motifs is 2. The number of nitrogens with one attached hydrogen (secondary N) is 1. The van der Waals surface area contributed by atoms with Crippen molar-refractivity contribution in [1.82, 2.24) is 14.9 Å². The van der Waals surface area contributed by atoms with E-state index in [1.165, 1.54) is 18.7 Å². The second-order valence-corrected chi connectivity index (χ2v) is 10.9. The zero-order valence-electron chi connectivity index (χ0n) is 22.8. The summed E-state index contributed by atoms with van der Waals surface area (Å²) in [5, 5.41) is 0. The number of aryl methyl sites for hydroxylation is 3. The predicted molar refractivity (Wildman–Crippen MR) is 144 cm³/mol. The zero-order chi connectivity index (χ0) is 26.6. The van der Waals surface area contributed by atoms with Gasteiger partial charge in [-0.3, -0.25) is 0 Å². The minimum atomic E-state index is -0.653. The van der Waals surface area contributed by atoms with Crippen molar-refractivity contribution in [2.45, 2.75) is 64.4 Å². The van der Waals surface area contributed by atoms with Crippen LogP contribution in [-0.2, 0) is 27.1 Å². The van der Waals surface area contributed by atoms with Crippen LogP contribution < -0.4 is 0 Å². The molecule has 1 aliphatic rings. The molecule has 1 N–H and O–H groups in total. The largest absolute Gasteiger partial charge is 0.457 e. The molecule has 1 aliphatic carbocycles. The van der Waals surface area contributed by atoms with Crippen molar-refractivity contribution in [1.29, 1.82) is 0 Å². The number of esters is 1. The highest BCUT2D eigenvalue weighted by molar-refractivity contribution is 5.75. The summed E-state index contributed by atoms with van der Waals surface area (Å²) in [5.74, 6) is 0.660. The number of halogens is 1. The van der Waals surface area contributed by atoms with Gasteiger partial charge in [-0.1, -0.05) is 26.0 Å². The third kappa shape index (κ3) is 6.39. The molecule has 0 bridgehead atoms. The SMILES string of the molecule is COCC(=O)OC1(CCN(C)CCCc2nc3ccc(C)cc3[nH]2)CCc2cc(F)ccc2C1C(C)C. The summed E-state index contributed by atoms with van der Waals surface area (Å²) in [5.41, 5.74) is 4.77. The lowest BCUT2D eigenvalue weighted by atomic mass is 9.65. The second kappa shape index (κ2) is 11.7. The van der Waals surface area contributed by atoms with Crippen LogP contribution in [0.1, 0.15) is 61.5 Å². The number of benzene rings is 2. The van der Waals surface area contributed by atoms with Crippen molar-refractivity contribution >= 4 is 17.0 Å². The lowest BCUT2D eigenvalue weighted by molar-refractivity contribution is -0.172. The minimum absolute atomic E-state index is 0.00920. The van der Waals surface area contributed by atoms with Gasteiger partial charge in [-0.25, -0.2) is 14.2 Å². The molecular weight excluding hydrogens is 469 g/mol. The Morgan fingerprint density at radius 3 is 2.81 bits per heavy atom. The monoisotopic (exact) mass is 509 g/mol. The van der Waals surface area contributed by atoms with Gasteiger partial charge in [0.25, 0.3) is 0 Å². The Morgan fingerprint density at radius 1 is 1.24 bits per heavy atom. The van der Waals surface area contributed by atoms with Gasteiger partial charge in [0.05, 0.1) is 11.0 Å². The number of H-pyrrole nitrogens is 1. The number of rotatable bonds is 11. The molecule has 200 valence electrons. The summed E-state index contributed by atoms with van der Waals surface area (Å²) >= 11 is 0. The Bertz CT molecular complexity index is 1220. The van der Waals surface area contributed by atoms with E-state index in [2.05, 4.69) is 55.9 Å². The highest BCUT2D eigenvalue weighted by Gasteiger charge is 2.47. The van der Waals surface area contributed by atoms with Crippen LogP contribution in [0.3, 0.4) is 0 Å². The lowest BCUT2D eigenvalue weighted by Gasteiger charge is -2.47. The minimum Gasteiger partial charge on any atom is -0.457 e. The molecule has 2 unspecified atom stereocenters. The average molecular weight is 510 g/mol. The summed E-state index contributed by atoms with van der Waals surface area (Å²) in [6.07, 6.45) is 3.92. The molecule has 7 heteroatoms. The van der Waals surface area contributed by atoms with Crippen molar-refractivity contribution in [2.75, 3.05) is 33.9 Å². The Hall–Kier alpha value is -2.77. The molecule has 0 amide bonds. The van der Waals surface area contributed by atoms with Gasteiger partial charge in [-0.05, 0) is 86.7 Å². The number of aromatic nitrogens is 2. The summed E-state index contributed by atoms with van der Waals surface area (Å²) in [4.78, 5) is 23.1. The Morgan fingerprint density at radius 2 is 2.05 bits per heavy atom. The van der Waals surface area contributed by atoms with Gasteiger partial charge in [0.2, 0.25) is 0 Å². The highest BCUT2D eigenvalue weighted by atomic mass is 19.1. The van der Waals surface area contributed by atoms with Crippen LogP contribution in [0.15, 0.2) is 36.4 Å². The fourth-order valence-corrected chi connectivity index (χ4v) is 5.97. The van der Waals surface area contributed by atoms with Crippen LogP contribution in [0.25, 0.3) is 11.0 Å². The standard InChI is InChI=1S/C30H40FN3O3/c1-20(2)29-24-10-9-23(31)18-22(24)12-13-30(29,37-28(35)19-36-5)14-16-34(4)15-6-7-27-32-25-11-8-21(3)17-26(25)33-27/h8-11,17-18,20,29H,6-7,12-16,19H2,1-5H3,(H,32,33). The number of aromatic amines is 1. The third-order valence-electron chi connectivity index (χ3n) is 7.63. The molecule has 1 aromatic heterocycles. The van der Waals surface area contributed by atoms with Crippen molar-refractivity contribution in [3.05, 3.63) is 64.7 Å². The first kappa shape index (κ1) is 27.3. The van der Waals surface area contributed by atoms with Gasteiger partial charge >= 0.3 is 5.97 Å². The number of imidazole rings is 1. The molecular formula is C30H40FN3O3. The van der Waals surface area contributed by atoms with E-state index in [1.54, 1.807) is 6.07 Å². The maximum atomic E-state index is 14.0. The van der Waals surface area contributed by atoms with Crippen LogP contribution in [0.4, 0.5) is 4.39 Å². The Labute approximate surface area is 219 Å². The molecule has 2 atom stereocenters. The highest BCUT2D eigenvalue weighted by Crippen LogP contribution is 2.48. The first-order chi connectivity index (χ1) is 17.7. The van der Waals surface area contributed by atoms with Crippen LogP contribution in [0.5, 0.6) is 0 Å². The van der Waals surface area contributed by atoms with E-state index in [1.807, 2.05) is 6.07 Å². The first-order valence-electron chi connectivity index (χ1n) is 13.3. The summed E-state index contributed by atoms with van der Waals surface area (Å²) in [7, 11) is 3.62. The molecule has 0 saturated carbocycles. The van der Waals surface area contributed by atoms with E-state index < -0.39 is 5.60 Å².